The summed E-state index contributed by atoms with van der Waals surface area (Å²) in [5.41, 5.74) is 1.46. The Morgan fingerprint density at radius 3 is 2.86 bits per heavy atom. The first kappa shape index (κ1) is 17.8. The summed E-state index contributed by atoms with van der Waals surface area (Å²) in [6.45, 7) is 0.635. The smallest absolute Gasteiger partial charge is 0.232 e. The molecule has 0 aliphatic carbocycles. The fourth-order valence-electron chi connectivity index (χ4n) is 3.50. The highest BCUT2D eigenvalue weighted by molar-refractivity contribution is 6.32. The van der Waals surface area contributed by atoms with Crippen LogP contribution in [0.15, 0.2) is 40.9 Å². The number of carbonyl (C=O) groups excluding carboxylic acids is 1. The molecule has 1 amide bonds. The van der Waals surface area contributed by atoms with Crippen molar-refractivity contribution >= 4 is 23.2 Å². The molecule has 8 nitrogen and oxygen atoms in total. The number of anilines is 1. The molecular formula is C20H16ClN3O5. The lowest BCUT2D eigenvalue weighted by atomic mass is 10.1. The van der Waals surface area contributed by atoms with E-state index in [4.69, 9.17) is 30.3 Å². The van der Waals surface area contributed by atoms with Gasteiger partial charge < -0.3 is 23.6 Å². The second kappa shape index (κ2) is 6.97. The molecular weight excluding hydrogens is 398 g/mol. The molecule has 2 aromatic carbocycles. The number of rotatable bonds is 4. The van der Waals surface area contributed by atoms with Gasteiger partial charge in [0.05, 0.1) is 18.1 Å². The quantitative estimate of drug-likeness (QED) is 0.645. The topological polar surface area (TPSA) is 86.9 Å². The fraction of sp³-hybridized carbons (Fsp3) is 0.250. The van der Waals surface area contributed by atoms with Crippen molar-refractivity contribution in [2.45, 2.75) is 12.3 Å². The zero-order chi connectivity index (χ0) is 20.0. The molecule has 2 aliphatic rings. The lowest BCUT2D eigenvalue weighted by molar-refractivity contribution is -0.117. The van der Waals surface area contributed by atoms with Crippen molar-refractivity contribution in [3.63, 3.8) is 0 Å². The van der Waals surface area contributed by atoms with E-state index in [1.165, 1.54) is 0 Å². The van der Waals surface area contributed by atoms with Gasteiger partial charge in [-0.25, -0.2) is 0 Å². The summed E-state index contributed by atoms with van der Waals surface area (Å²) >= 11 is 6.20. The lowest BCUT2D eigenvalue weighted by Gasteiger charge is -2.17. The number of ether oxygens (including phenoxy) is 3. The number of hydrogen-bond acceptors (Lipinski definition) is 7. The second-order valence-electron chi connectivity index (χ2n) is 6.75. The third kappa shape index (κ3) is 3.15. The first-order valence-corrected chi connectivity index (χ1v) is 9.37. The molecule has 0 unspecified atom stereocenters. The van der Waals surface area contributed by atoms with Gasteiger partial charge in [-0.15, -0.1) is 0 Å². The number of carbonyl (C=O) groups is 1. The van der Waals surface area contributed by atoms with Crippen LogP contribution in [0.2, 0.25) is 5.02 Å². The molecule has 0 N–H and O–H groups in total. The fourth-order valence-corrected chi connectivity index (χ4v) is 3.75. The highest BCUT2D eigenvalue weighted by Crippen LogP contribution is 2.37. The minimum Gasteiger partial charge on any atom is -0.495 e. The molecule has 29 heavy (non-hydrogen) atoms. The van der Waals surface area contributed by atoms with E-state index in [1.807, 2.05) is 18.2 Å². The standard InChI is InChI=1S/C20H16ClN3O5/c1-26-15-5-3-13(8-14(15)21)24-9-12(7-18(24)25)20-22-19(23-29-20)11-2-4-16-17(6-11)28-10-27-16/h2-6,8,12H,7,9-10H2,1H3/t12-/m0/s1. The molecule has 5 rings (SSSR count). The first-order chi connectivity index (χ1) is 14.1. The number of fused-ring (bicyclic) bond motifs is 1. The van der Waals surface area contributed by atoms with Gasteiger partial charge >= 0.3 is 0 Å². The average Bonchev–Trinajstić information content (AvgIpc) is 3.46. The Hall–Kier alpha value is -3.26. The van der Waals surface area contributed by atoms with Crippen LogP contribution in [0.4, 0.5) is 5.69 Å². The Kier molecular flexibility index (Phi) is 4.28. The van der Waals surface area contributed by atoms with Crippen LogP contribution in [0.1, 0.15) is 18.2 Å². The van der Waals surface area contributed by atoms with Gasteiger partial charge in [0.2, 0.25) is 24.4 Å². The van der Waals surface area contributed by atoms with Crippen molar-refractivity contribution in [2.75, 3.05) is 25.3 Å². The van der Waals surface area contributed by atoms with E-state index in [-0.39, 0.29) is 25.0 Å². The van der Waals surface area contributed by atoms with Crippen molar-refractivity contribution in [3.05, 3.63) is 47.3 Å². The monoisotopic (exact) mass is 413 g/mol. The Balaban J connectivity index is 1.36. The second-order valence-corrected chi connectivity index (χ2v) is 7.16. The highest BCUT2D eigenvalue weighted by atomic mass is 35.5. The van der Waals surface area contributed by atoms with E-state index in [2.05, 4.69) is 10.1 Å². The molecule has 1 saturated heterocycles. The molecule has 9 heteroatoms. The van der Waals surface area contributed by atoms with Gasteiger partial charge in [0, 0.05) is 24.2 Å². The van der Waals surface area contributed by atoms with Gasteiger partial charge in [-0.3, -0.25) is 4.79 Å². The Bertz CT molecular complexity index is 1100. The van der Waals surface area contributed by atoms with Crippen LogP contribution in [0.3, 0.4) is 0 Å². The lowest BCUT2D eigenvalue weighted by Crippen LogP contribution is -2.24. The minimum absolute atomic E-state index is 0.0286. The molecule has 0 radical (unpaired) electrons. The number of amides is 1. The van der Waals surface area contributed by atoms with Crippen LogP contribution < -0.4 is 19.1 Å². The van der Waals surface area contributed by atoms with Gasteiger partial charge in [-0.2, -0.15) is 4.98 Å². The van der Waals surface area contributed by atoms with Crippen molar-refractivity contribution in [3.8, 4) is 28.6 Å². The number of benzene rings is 2. The zero-order valence-electron chi connectivity index (χ0n) is 15.4. The summed E-state index contributed by atoms with van der Waals surface area (Å²) in [5.74, 6) is 2.53. The zero-order valence-corrected chi connectivity index (χ0v) is 16.2. The number of aromatic nitrogens is 2. The van der Waals surface area contributed by atoms with E-state index in [0.717, 1.165) is 5.56 Å². The number of hydrogen-bond donors (Lipinski definition) is 0. The van der Waals surface area contributed by atoms with Gasteiger partial charge in [0.15, 0.2) is 11.5 Å². The van der Waals surface area contributed by atoms with Gasteiger partial charge in [0.1, 0.15) is 5.75 Å². The molecule has 3 heterocycles. The average molecular weight is 414 g/mol. The van der Waals surface area contributed by atoms with Crippen LogP contribution >= 0.6 is 11.6 Å². The van der Waals surface area contributed by atoms with E-state index in [9.17, 15) is 4.79 Å². The number of methoxy groups -OCH3 is 1. The van der Waals surface area contributed by atoms with Crippen molar-refractivity contribution < 1.29 is 23.5 Å². The van der Waals surface area contributed by atoms with Gasteiger partial charge in [-0.05, 0) is 36.4 Å². The summed E-state index contributed by atoms with van der Waals surface area (Å²) in [4.78, 5) is 18.7. The van der Waals surface area contributed by atoms with Gasteiger partial charge in [-0.1, -0.05) is 16.8 Å². The third-order valence-corrected chi connectivity index (χ3v) is 5.29. The van der Waals surface area contributed by atoms with Crippen LogP contribution in [0.25, 0.3) is 11.4 Å². The highest BCUT2D eigenvalue weighted by Gasteiger charge is 2.35. The first-order valence-electron chi connectivity index (χ1n) is 9.00. The van der Waals surface area contributed by atoms with Crippen molar-refractivity contribution in [1.82, 2.24) is 10.1 Å². The Labute approximate surface area is 170 Å². The molecule has 1 aromatic heterocycles. The Morgan fingerprint density at radius 1 is 1.17 bits per heavy atom. The maximum Gasteiger partial charge on any atom is 0.232 e. The SMILES string of the molecule is COc1ccc(N2C[C@@H](c3nc(-c4ccc5c(c4)OCO5)no3)CC2=O)cc1Cl. The predicted octanol–water partition coefficient (Wildman–Crippen LogP) is 3.65. The number of nitrogens with zero attached hydrogens (tertiary/aromatic N) is 3. The molecule has 0 bridgehead atoms. The molecule has 1 fully saturated rings. The maximum atomic E-state index is 12.6. The van der Waals surface area contributed by atoms with Gasteiger partial charge in [0.25, 0.3) is 0 Å². The Morgan fingerprint density at radius 2 is 2.03 bits per heavy atom. The molecule has 148 valence electrons. The van der Waals surface area contributed by atoms with E-state index in [1.54, 1.807) is 30.2 Å². The van der Waals surface area contributed by atoms with Crippen molar-refractivity contribution in [2.24, 2.45) is 0 Å². The van der Waals surface area contributed by atoms with Crippen LogP contribution in [0.5, 0.6) is 17.2 Å². The van der Waals surface area contributed by atoms with E-state index in [0.29, 0.717) is 46.2 Å². The summed E-state index contributed by atoms with van der Waals surface area (Å²) < 4.78 is 21.3. The van der Waals surface area contributed by atoms with Crippen molar-refractivity contribution in [1.29, 1.82) is 0 Å². The largest absolute Gasteiger partial charge is 0.495 e. The summed E-state index contributed by atoms with van der Waals surface area (Å²) in [7, 11) is 1.55. The molecule has 1 atom stereocenters. The molecule has 0 spiro atoms. The summed E-state index contributed by atoms with van der Waals surface area (Å²) in [5, 5.41) is 4.51. The number of halogens is 1. The predicted molar refractivity (Wildman–Crippen MR) is 104 cm³/mol. The maximum absolute atomic E-state index is 12.6. The molecule has 2 aliphatic heterocycles. The molecule has 0 saturated carbocycles. The minimum atomic E-state index is -0.196. The van der Waals surface area contributed by atoms with E-state index < -0.39 is 0 Å². The molecule has 3 aromatic rings. The van der Waals surface area contributed by atoms with Crippen LogP contribution in [-0.4, -0.2) is 36.5 Å². The normalized spacial score (nSPS) is 17.8. The summed E-state index contributed by atoms with van der Waals surface area (Å²) in [6.07, 6.45) is 0.284. The van der Waals surface area contributed by atoms with E-state index >= 15 is 0 Å². The van der Waals surface area contributed by atoms with Crippen LogP contribution in [-0.2, 0) is 4.79 Å². The third-order valence-electron chi connectivity index (χ3n) is 4.99. The summed E-state index contributed by atoms with van der Waals surface area (Å²) in [6, 6.07) is 10.7. The van der Waals surface area contributed by atoms with Crippen LogP contribution in [0, 0.1) is 0 Å².